The summed E-state index contributed by atoms with van der Waals surface area (Å²) in [7, 11) is 0. The zero-order valence-corrected chi connectivity index (χ0v) is 19.3. The van der Waals surface area contributed by atoms with Crippen molar-refractivity contribution in [1.82, 2.24) is 4.98 Å². The van der Waals surface area contributed by atoms with Crippen LogP contribution in [0.15, 0.2) is 42.5 Å². The van der Waals surface area contributed by atoms with E-state index in [2.05, 4.69) is 18.3 Å². The van der Waals surface area contributed by atoms with Gasteiger partial charge in [-0.1, -0.05) is 42.3 Å². The molecule has 0 bridgehead atoms. The van der Waals surface area contributed by atoms with Crippen molar-refractivity contribution in [2.24, 2.45) is 5.92 Å². The van der Waals surface area contributed by atoms with E-state index in [4.69, 9.17) is 28.2 Å². The predicted octanol–water partition coefficient (Wildman–Crippen LogP) is 7.71. The van der Waals surface area contributed by atoms with Crippen LogP contribution in [0.25, 0.3) is 20.8 Å². The van der Waals surface area contributed by atoms with Crippen LogP contribution in [0, 0.1) is 5.92 Å². The van der Waals surface area contributed by atoms with Crippen molar-refractivity contribution >= 4 is 67.0 Å². The highest BCUT2D eigenvalue weighted by molar-refractivity contribution is 7.23. The molecule has 0 saturated carbocycles. The first kappa shape index (κ1) is 20.0. The Bertz CT molecular complexity index is 1240. The van der Waals surface area contributed by atoms with Crippen LogP contribution < -0.4 is 5.32 Å². The van der Waals surface area contributed by atoms with Gasteiger partial charge in [0.15, 0.2) is 0 Å². The van der Waals surface area contributed by atoms with Gasteiger partial charge < -0.3 is 5.32 Å². The number of amides is 1. The molecule has 1 atom stereocenters. The molecule has 1 aliphatic carbocycles. The third-order valence-electron chi connectivity index (χ3n) is 5.42. The maximum absolute atomic E-state index is 13.1. The molecule has 0 saturated heterocycles. The van der Waals surface area contributed by atoms with Crippen molar-refractivity contribution in [2.75, 3.05) is 5.32 Å². The first-order valence-electron chi connectivity index (χ1n) is 9.76. The number of carbonyl (C=O) groups is 1. The topological polar surface area (TPSA) is 42.0 Å². The summed E-state index contributed by atoms with van der Waals surface area (Å²) in [5, 5.41) is 5.77. The lowest BCUT2D eigenvalue weighted by molar-refractivity contribution is 0.102. The second-order valence-corrected chi connectivity index (χ2v) is 10.6. The van der Waals surface area contributed by atoms with Crippen molar-refractivity contribution in [3.05, 3.63) is 68.5 Å². The van der Waals surface area contributed by atoms with Gasteiger partial charge in [-0.15, -0.1) is 22.7 Å². The van der Waals surface area contributed by atoms with E-state index in [1.807, 2.05) is 18.2 Å². The Hall–Kier alpha value is -1.92. The summed E-state index contributed by atoms with van der Waals surface area (Å²) in [4.78, 5) is 19.3. The van der Waals surface area contributed by atoms with Gasteiger partial charge in [0.2, 0.25) is 0 Å². The highest BCUT2D eigenvalue weighted by Gasteiger charge is 2.27. The first-order chi connectivity index (χ1) is 14.5. The molecule has 0 aliphatic heterocycles. The molecule has 5 rings (SSSR count). The summed E-state index contributed by atoms with van der Waals surface area (Å²) >= 11 is 15.7. The second kappa shape index (κ2) is 7.97. The first-order valence-corrected chi connectivity index (χ1v) is 12.2. The molecule has 3 nitrogen and oxygen atoms in total. The number of halogens is 2. The number of nitrogens with zero attached hydrogens (tertiary/aromatic N) is 1. The van der Waals surface area contributed by atoms with Gasteiger partial charge in [0.25, 0.3) is 5.91 Å². The van der Waals surface area contributed by atoms with E-state index in [0.717, 1.165) is 45.1 Å². The van der Waals surface area contributed by atoms with Crippen LogP contribution in [0.1, 0.15) is 34.1 Å². The van der Waals surface area contributed by atoms with E-state index in [0.29, 0.717) is 21.5 Å². The Morgan fingerprint density at radius 1 is 1.17 bits per heavy atom. The van der Waals surface area contributed by atoms with E-state index < -0.39 is 0 Å². The average molecular weight is 473 g/mol. The molecule has 1 aliphatic rings. The highest BCUT2D eigenvalue weighted by Crippen LogP contribution is 2.47. The summed E-state index contributed by atoms with van der Waals surface area (Å²) in [6.07, 6.45) is 3.19. The molecule has 0 spiro atoms. The van der Waals surface area contributed by atoms with Gasteiger partial charge in [-0.25, -0.2) is 4.98 Å². The molecular formula is C23H18Cl2N2OS2. The minimum Gasteiger partial charge on any atom is -0.313 e. The van der Waals surface area contributed by atoms with Crippen molar-refractivity contribution in [3.8, 4) is 10.6 Å². The van der Waals surface area contributed by atoms with Gasteiger partial charge in [-0.05, 0) is 61.1 Å². The molecule has 2 aromatic heterocycles. The van der Waals surface area contributed by atoms with E-state index in [1.54, 1.807) is 40.9 Å². The molecule has 1 N–H and O–H groups in total. The van der Waals surface area contributed by atoms with Crippen LogP contribution in [0.5, 0.6) is 0 Å². The van der Waals surface area contributed by atoms with Crippen LogP contribution in [-0.4, -0.2) is 10.9 Å². The number of fused-ring (bicyclic) bond motifs is 2. The van der Waals surface area contributed by atoms with Crippen LogP contribution >= 0.6 is 45.9 Å². The summed E-state index contributed by atoms with van der Waals surface area (Å²) in [6, 6.07) is 13.1. The lowest BCUT2D eigenvalue weighted by atomic mass is 9.88. The third-order valence-corrected chi connectivity index (χ3v) is 8.21. The number of carbonyl (C=O) groups excluding carboxylic acids is 1. The number of anilines is 1. The van der Waals surface area contributed by atoms with E-state index in [-0.39, 0.29) is 5.91 Å². The normalized spacial score (nSPS) is 15.9. The SMILES string of the molecule is CC1CCc2c(sc(NC(=O)c3cc(Cl)ccc3Cl)c2-c2nc3ccccc3s2)C1. The molecule has 2 aromatic carbocycles. The standard InChI is InChI=1S/C23H18Cl2N2OS2/c1-12-6-8-14-19(10-12)30-23(27-21(28)15-11-13(24)7-9-16(15)25)20(14)22-26-17-4-2-3-5-18(17)29-22/h2-5,7,9,11-12H,6,8,10H2,1H3,(H,27,28). The highest BCUT2D eigenvalue weighted by atomic mass is 35.5. The van der Waals surface area contributed by atoms with Gasteiger partial charge in [0.05, 0.1) is 20.8 Å². The number of rotatable bonds is 3. The lowest BCUT2D eigenvalue weighted by Gasteiger charge is -2.18. The van der Waals surface area contributed by atoms with Crippen molar-refractivity contribution < 1.29 is 4.79 Å². The Balaban J connectivity index is 1.61. The second-order valence-electron chi connectivity index (χ2n) is 7.62. The fraction of sp³-hybridized carbons (Fsp3) is 0.217. The maximum atomic E-state index is 13.1. The van der Waals surface area contributed by atoms with Crippen LogP contribution in [-0.2, 0) is 12.8 Å². The number of benzene rings is 2. The number of hydrogen-bond acceptors (Lipinski definition) is 4. The zero-order valence-electron chi connectivity index (χ0n) is 16.2. The van der Waals surface area contributed by atoms with Gasteiger partial charge in [0.1, 0.15) is 10.0 Å². The molecule has 30 heavy (non-hydrogen) atoms. The van der Waals surface area contributed by atoms with Gasteiger partial charge in [-0.3, -0.25) is 4.79 Å². The van der Waals surface area contributed by atoms with Crippen molar-refractivity contribution in [2.45, 2.75) is 26.2 Å². The van der Waals surface area contributed by atoms with E-state index in [9.17, 15) is 4.79 Å². The summed E-state index contributed by atoms with van der Waals surface area (Å²) in [6.45, 7) is 2.28. The minimum atomic E-state index is -0.253. The molecule has 0 radical (unpaired) electrons. The van der Waals surface area contributed by atoms with Crippen LogP contribution in [0.3, 0.4) is 0 Å². The van der Waals surface area contributed by atoms with Crippen molar-refractivity contribution in [3.63, 3.8) is 0 Å². The van der Waals surface area contributed by atoms with Crippen LogP contribution in [0.2, 0.25) is 10.0 Å². The fourth-order valence-electron chi connectivity index (χ4n) is 3.89. The number of thiazole rings is 1. The minimum absolute atomic E-state index is 0.253. The monoisotopic (exact) mass is 472 g/mol. The smallest absolute Gasteiger partial charge is 0.257 e. The predicted molar refractivity (Wildman–Crippen MR) is 129 cm³/mol. The number of thiophene rings is 1. The lowest BCUT2D eigenvalue weighted by Crippen LogP contribution is -2.12. The molecular weight excluding hydrogens is 455 g/mol. The van der Waals surface area contributed by atoms with Gasteiger partial charge >= 0.3 is 0 Å². The molecule has 7 heteroatoms. The fourth-order valence-corrected chi connectivity index (χ4v) is 6.78. The van der Waals surface area contributed by atoms with Gasteiger partial charge in [-0.2, -0.15) is 0 Å². The average Bonchev–Trinajstić information content (AvgIpc) is 3.29. The number of para-hydroxylation sites is 1. The maximum Gasteiger partial charge on any atom is 0.257 e. The molecule has 0 fully saturated rings. The molecule has 1 amide bonds. The van der Waals surface area contributed by atoms with Gasteiger partial charge in [0, 0.05) is 15.5 Å². The molecule has 4 aromatic rings. The largest absolute Gasteiger partial charge is 0.313 e. The Labute approximate surface area is 192 Å². The summed E-state index contributed by atoms with van der Waals surface area (Å²) in [5.41, 5.74) is 3.75. The zero-order chi connectivity index (χ0) is 20.8. The van der Waals surface area contributed by atoms with E-state index in [1.165, 1.54) is 10.4 Å². The quantitative estimate of drug-likeness (QED) is 0.331. The molecule has 152 valence electrons. The molecule has 2 heterocycles. The Kier molecular flexibility index (Phi) is 5.31. The Morgan fingerprint density at radius 3 is 2.83 bits per heavy atom. The number of hydrogen-bond donors (Lipinski definition) is 1. The van der Waals surface area contributed by atoms with E-state index >= 15 is 0 Å². The number of nitrogens with one attached hydrogen (secondary N) is 1. The molecule has 1 unspecified atom stereocenters. The Morgan fingerprint density at radius 2 is 2.00 bits per heavy atom. The third kappa shape index (κ3) is 3.65. The summed E-state index contributed by atoms with van der Waals surface area (Å²) < 4.78 is 1.15. The van der Waals surface area contributed by atoms with Crippen molar-refractivity contribution in [1.29, 1.82) is 0 Å². The summed E-state index contributed by atoms with van der Waals surface area (Å²) in [5.74, 6) is 0.391. The van der Waals surface area contributed by atoms with Crippen LogP contribution in [0.4, 0.5) is 5.00 Å². The number of aromatic nitrogens is 1.